The van der Waals surface area contributed by atoms with Crippen molar-refractivity contribution in [1.29, 1.82) is 0 Å². The van der Waals surface area contributed by atoms with Crippen LogP contribution in [0.5, 0.6) is 5.75 Å². The minimum atomic E-state index is -2.58. The number of nitrogens with one attached hydrogen (secondary N) is 1. The van der Waals surface area contributed by atoms with Gasteiger partial charge in [0, 0.05) is 54.2 Å². The normalized spacial score (nSPS) is 16.8. The molecule has 1 aliphatic rings. The van der Waals surface area contributed by atoms with E-state index >= 15 is 0 Å². The Morgan fingerprint density at radius 1 is 1.29 bits per heavy atom. The van der Waals surface area contributed by atoms with Crippen LogP contribution in [0.3, 0.4) is 0 Å². The van der Waals surface area contributed by atoms with Crippen LogP contribution in [0.1, 0.15) is 38.2 Å². The largest absolute Gasteiger partial charge is 0.490 e. The molecule has 1 fully saturated rings. The molecule has 1 N–H and O–H groups in total. The van der Waals surface area contributed by atoms with Crippen LogP contribution in [0.15, 0.2) is 35.3 Å². The van der Waals surface area contributed by atoms with Gasteiger partial charge in [-0.05, 0) is 44.0 Å². The maximum atomic E-state index is 13.5. The Morgan fingerprint density at radius 3 is 2.64 bits per heavy atom. The molecule has 0 spiro atoms. The van der Waals surface area contributed by atoms with E-state index in [9.17, 15) is 13.6 Å². The highest BCUT2D eigenvalue weighted by Gasteiger charge is 2.36. The molecule has 1 saturated carbocycles. The maximum absolute atomic E-state index is 13.5. The minimum absolute atomic E-state index is 0.0449. The number of nitrogens with zero attached hydrogens (tertiary/aromatic N) is 1. The van der Waals surface area contributed by atoms with E-state index < -0.39 is 5.92 Å². The third kappa shape index (κ3) is 4.87. The van der Waals surface area contributed by atoms with Crippen LogP contribution in [0.25, 0.3) is 11.1 Å². The standard InChI is InChI=1S/C21H26F2N2O2S/c1-4-28-24-16-5-6-19(27-17-7-9-21(22,23)10-8-17)18(12-16)15-11-14(2)20(26)25(3)13-15/h5-6,11-13,17,24H,4,7-10H2,1-3H3. The predicted octanol–water partition coefficient (Wildman–Crippen LogP) is 5.40. The van der Waals surface area contributed by atoms with Gasteiger partial charge in [0.25, 0.3) is 5.56 Å². The molecule has 0 radical (unpaired) electrons. The first-order valence-electron chi connectivity index (χ1n) is 9.53. The first-order chi connectivity index (χ1) is 13.3. The van der Waals surface area contributed by atoms with E-state index in [2.05, 4.69) is 11.6 Å². The summed E-state index contributed by atoms with van der Waals surface area (Å²) in [7, 11) is 1.72. The Bertz CT molecular complexity index is 862. The van der Waals surface area contributed by atoms with Crippen LogP contribution in [0.2, 0.25) is 0 Å². The SMILES string of the molecule is CCSNc1ccc(OC2CCC(F)(F)CC2)c(-c2cc(C)c(=O)n(C)c2)c1. The molecule has 1 aromatic carbocycles. The molecule has 0 unspecified atom stereocenters. The highest BCUT2D eigenvalue weighted by molar-refractivity contribution is 8.00. The molecule has 1 aromatic heterocycles. The van der Waals surface area contributed by atoms with Crippen molar-refractivity contribution >= 4 is 17.6 Å². The van der Waals surface area contributed by atoms with Gasteiger partial charge in [0.1, 0.15) is 5.75 Å². The molecule has 0 saturated heterocycles. The van der Waals surface area contributed by atoms with Crippen LogP contribution >= 0.6 is 11.9 Å². The number of ether oxygens (including phenoxy) is 1. The lowest BCUT2D eigenvalue weighted by Gasteiger charge is -2.29. The molecule has 7 heteroatoms. The number of aromatic nitrogens is 1. The first kappa shape index (κ1) is 20.7. The number of hydrogen-bond donors (Lipinski definition) is 1. The van der Waals surface area contributed by atoms with Gasteiger partial charge in [-0.2, -0.15) is 0 Å². The van der Waals surface area contributed by atoms with Crippen molar-refractivity contribution in [2.24, 2.45) is 7.05 Å². The van der Waals surface area contributed by atoms with Gasteiger partial charge in [0.2, 0.25) is 5.92 Å². The quantitative estimate of drug-likeness (QED) is 0.650. The van der Waals surface area contributed by atoms with Crippen LogP contribution in [-0.4, -0.2) is 22.3 Å². The summed E-state index contributed by atoms with van der Waals surface area (Å²) in [6.45, 7) is 3.84. The molecule has 1 aliphatic carbocycles. The fourth-order valence-electron chi connectivity index (χ4n) is 3.41. The Labute approximate surface area is 168 Å². The second-order valence-corrected chi connectivity index (χ2v) is 8.32. The molecule has 152 valence electrons. The van der Waals surface area contributed by atoms with E-state index in [4.69, 9.17) is 4.74 Å². The van der Waals surface area contributed by atoms with Gasteiger partial charge in [-0.1, -0.05) is 18.9 Å². The number of halogens is 2. The van der Waals surface area contributed by atoms with Crippen LogP contribution in [-0.2, 0) is 7.05 Å². The third-order valence-corrected chi connectivity index (χ3v) is 5.61. The first-order valence-corrected chi connectivity index (χ1v) is 10.5. The molecular formula is C21H26F2N2O2S. The fourth-order valence-corrected chi connectivity index (χ4v) is 3.85. The summed E-state index contributed by atoms with van der Waals surface area (Å²) in [5, 5.41) is 0. The highest BCUT2D eigenvalue weighted by atomic mass is 32.2. The lowest BCUT2D eigenvalue weighted by Crippen LogP contribution is -2.30. The summed E-state index contributed by atoms with van der Waals surface area (Å²) in [4.78, 5) is 12.1. The number of pyridine rings is 1. The van der Waals surface area contributed by atoms with Gasteiger partial charge in [-0.25, -0.2) is 8.78 Å². The summed E-state index contributed by atoms with van der Waals surface area (Å²) in [6.07, 6.45) is 1.95. The van der Waals surface area contributed by atoms with Gasteiger partial charge in [0.15, 0.2) is 0 Å². The number of benzene rings is 1. The Kier molecular flexibility index (Phi) is 6.33. The molecule has 1 heterocycles. The number of rotatable bonds is 6. The molecule has 0 amide bonds. The molecule has 28 heavy (non-hydrogen) atoms. The lowest BCUT2D eigenvalue weighted by atomic mass is 9.94. The zero-order chi connectivity index (χ0) is 20.3. The summed E-state index contributed by atoms with van der Waals surface area (Å²) >= 11 is 1.59. The van der Waals surface area contributed by atoms with E-state index in [-0.39, 0.29) is 24.5 Å². The Hall–Kier alpha value is -2.02. The molecule has 2 aromatic rings. The van der Waals surface area contributed by atoms with Crippen molar-refractivity contribution in [3.8, 4) is 16.9 Å². The van der Waals surface area contributed by atoms with Crippen LogP contribution < -0.4 is 15.0 Å². The van der Waals surface area contributed by atoms with Gasteiger partial charge in [-0.15, -0.1) is 0 Å². The minimum Gasteiger partial charge on any atom is -0.490 e. The molecule has 0 bridgehead atoms. The van der Waals surface area contributed by atoms with Crippen molar-refractivity contribution in [2.75, 3.05) is 10.5 Å². The van der Waals surface area contributed by atoms with Gasteiger partial charge in [-0.3, -0.25) is 4.79 Å². The van der Waals surface area contributed by atoms with E-state index in [0.717, 1.165) is 22.6 Å². The van der Waals surface area contributed by atoms with Crippen molar-refractivity contribution in [3.63, 3.8) is 0 Å². The van der Waals surface area contributed by atoms with Gasteiger partial charge in [0.05, 0.1) is 6.10 Å². The van der Waals surface area contributed by atoms with E-state index in [1.807, 2.05) is 24.3 Å². The summed E-state index contributed by atoms with van der Waals surface area (Å²) in [5.41, 5.74) is 3.23. The predicted molar refractivity (Wildman–Crippen MR) is 111 cm³/mol. The summed E-state index contributed by atoms with van der Waals surface area (Å²) < 4.78 is 37.9. The van der Waals surface area contributed by atoms with E-state index in [1.165, 1.54) is 0 Å². The van der Waals surface area contributed by atoms with E-state index in [0.29, 0.717) is 24.2 Å². The van der Waals surface area contributed by atoms with Gasteiger partial charge >= 0.3 is 0 Å². The van der Waals surface area contributed by atoms with Crippen LogP contribution in [0.4, 0.5) is 14.5 Å². The van der Waals surface area contributed by atoms with Crippen molar-refractivity contribution in [2.45, 2.75) is 51.6 Å². The number of hydrogen-bond acceptors (Lipinski definition) is 4. The molecular weight excluding hydrogens is 382 g/mol. The van der Waals surface area contributed by atoms with Crippen molar-refractivity contribution in [1.82, 2.24) is 4.57 Å². The highest BCUT2D eigenvalue weighted by Crippen LogP contribution is 2.38. The van der Waals surface area contributed by atoms with Crippen molar-refractivity contribution in [3.05, 3.63) is 46.4 Å². The molecule has 0 atom stereocenters. The monoisotopic (exact) mass is 408 g/mol. The molecule has 4 nitrogen and oxygen atoms in total. The number of aryl methyl sites for hydroxylation is 2. The number of anilines is 1. The number of alkyl halides is 2. The second kappa shape index (κ2) is 8.55. The fraction of sp³-hybridized carbons (Fsp3) is 0.476. The third-order valence-electron chi connectivity index (χ3n) is 4.95. The zero-order valence-electron chi connectivity index (χ0n) is 16.4. The summed E-state index contributed by atoms with van der Waals surface area (Å²) in [5.74, 6) is -1.01. The lowest BCUT2D eigenvalue weighted by molar-refractivity contribution is -0.0581. The molecule has 0 aliphatic heterocycles. The average molecular weight is 409 g/mol. The topological polar surface area (TPSA) is 43.3 Å². The molecule has 3 rings (SSSR count). The van der Waals surface area contributed by atoms with E-state index in [1.54, 1.807) is 36.7 Å². The smallest absolute Gasteiger partial charge is 0.253 e. The average Bonchev–Trinajstić information content (AvgIpc) is 2.66. The Balaban J connectivity index is 1.94. The second-order valence-electron chi connectivity index (χ2n) is 7.25. The summed E-state index contributed by atoms with van der Waals surface area (Å²) in [6, 6.07) is 7.62. The zero-order valence-corrected chi connectivity index (χ0v) is 17.2. The van der Waals surface area contributed by atoms with Crippen LogP contribution in [0, 0.1) is 6.92 Å². The Morgan fingerprint density at radius 2 is 2.00 bits per heavy atom. The van der Waals surface area contributed by atoms with Crippen molar-refractivity contribution < 1.29 is 13.5 Å². The maximum Gasteiger partial charge on any atom is 0.253 e. The van der Waals surface area contributed by atoms with Gasteiger partial charge < -0.3 is 14.0 Å².